The van der Waals surface area contributed by atoms with Crippen LogP contribution in [0.2, 0.25) is 0 Å². The Morgan fingerprint density at radius 3 is 2.37 bits per heavy atom. The quantitative estimate of drug-likeness (QED) is 0.544. The van der Waals surface area contributed by atoms with Gasteiger partial charge in [0.2, 0.25) is 0 Å². The summed E-state index contributed by atoms with van der Waals surface area (Å²) < 4.78 is 0. The second-order valence-corrected chi connectivity index (χ2v) is 7.60. The molecule has 3 amide bonds. The molecule has 0 aromatic heterocycles. The summed E-state index contributed by atoms with van der Waals surface area (Å²) in [5, 5.41) is 2.92. The lowest BCUT2D eigenvalue weighted by Crippen LogP contribution is -2.29. The van der Waals surface area contributed by atoms with E-state index >= 15 is 0 Å². The van der Waals surface area contributed by atoms with E-state index in [9.17, 15) is 14.4 Å². The molecule has 6 nitrogen and oxygen atoms in total. The van der Waals surface area contributed by atoms with Crippen LogP contribution in [0.5, 0.6) is 0 Å². The van der Waals surface area contributed by atoms with E-state index < -0.39 is 0 Å². The molecule has 1 fully saturated rings. The van der Waals surface area contributed by atoms with Crippen LogP contribution in [0.1, 0.15) is 55.9 Å². The molecule has 2 heterocycles. The molecular formula is C23H26ClN3O3. The lowest BCUT2D eigenvalue weighted by molar-refractivity contribution is 0.0642. The molecule has 2 aromatic carbocycles. The van der Waals surface area contributed by atoms with Gasteiger partial charge in [0.05, 0.1) is 17.7 Å². The molecule has 0 unspecified atom stereocenters. The fourth-order valence-corrected chi connectivity index (χ4v) is 3.95. The number of fused-ring (bicyclic) bond motifs is 1. The van der Waals surface area contributed by atoms with Gasteiger partial charge in [-0.1, -0.05) is 30.3 Å². The Bertz CT molecular complexity index is 927. The average Bonchev–Trinajstić information content (AvgIpc) is 3.35. The van der Waals surface area contributed by atoms with E-state index in [0.29, 0.717) is 23.2 Å². The second-order valence-electron chi connectivity index (χ2n) is 7.60. The van der Waals surface area contributed by atoms with Crippen LogP contribution in [0.15, 0.2) is 48.5 Å². The van der Waals surface area contributed by atoms with Crippen LogP contribution >= 0.6 is 12.4 Å². The third-order valence-electron chi connectivity index (χ3n) is 5.55. The molecule has 0 spiro atoms. The maximum absolute atomic E-state index is 12.8. The molecule has 158 valence electrons. The summed E-state index contributed by atoms with van der Waals surface area (Å²) in [5.74, 6) is -0.875. The zero-order valence-corrected chi connectivity index (χ0v) is 17.6. The average molecular weight is 428 g/mol. The van der Waals surface area contributed by atoms with Crippen LogP contribution in [-0.2, 0) is 6.54 Å². The van der Waals surface area contributed by atoms with Crippen molar-refractivity contribution in [3.63, 3.8) is 0 Å². The largest absolute Gasteiger partial charge is 0.352 e. The number of likely N-dealkylation sites (tertiary alicyclic amines) is 1. The van der Waals surface area contributed by atoms with Gasteiger partial charge in [-0.3, -0.25) is 19.3 Å². The van der Waals surface area contributed by atoms with Gasteiger partial charge in [0.1, 0.15) is 0 Å². The normalized spacial score (nSPS) is 15.8. The Morgan fingerprint density at radius 2 is 1.63 bits per heavy atom. The van der Waals surface area contributed by atoms with Crippen LogP contribution in [0.4, 0.5) is 0 Å². The Morgan fingerprint density at radius 1 is 0.933 bits per heavy atom. The van der Waals surface area contributed by atoms with Gasteiger partial charge in [-0.05, 0) is 62.7 Å². The first kappa shape index (κ1) is 22.0. The molecular weight excluding hydrogens is 402 g/mol. The highest BCUT2D eigenvalue weighted by Gasteiger charge is 2.35. The summed E-state index contributed by atoms with van der Waals surface area (Å²) in [7, 11) is 0. The molecule has 4 rings (SSSR count). The van der Waals surface area contributed by atoms with Crippen LogP contribution in [0, 0.1) is 0 Å². The van der Waals surface area contributed by atoms with E-state index in [0.717, 1.165) is 31.6 Å². The molecule has 0 radical (unpaired) electrons. The maximum atomic E-state index is 12.8. The fraction of sp³-hybridized carbons (Fsp3) is 0.348. The molecule has 7 heteroatoms. The minimum atomic E-state index is -0.350. The van der Waals surface area contributed by atoms with Crippen LogP contribution in [-0.4, -0.2) is 53.7 Å². The molecule has 2 aliphatic rings. The number of benzene rings is 2. The zero-order chi connectivity index (χ0) is 20.2. The lowest BCUT2D eigenvalue weighted by atomic mass is 10.1. The van der Waals surface area contributed by atoms with Gasteiger partial charge >= 0.3 is 0 Å². The SMILES string of the molecule is Cl.O=C(NCCCN1CCCC1)c1ccc2c(c1)C(=O)N(Cc1ccccc1)C2=O. The zero-order valence-electron chi connectivity index (χ0n) is 16.8. The number of hydrogen-bond donors (Lipinski definition) is 1. The van der Waals surface area contributed by atoms with E-state index in [-0.39, 0.29) is 36.7 Å². The smallest absolute Gasteiger partial charge is 0.261 e. The van der Waals surface area contributed by atoms with Crippen molar-refractivity contribution < 1.29 is 14.4 Å². The highest BCUT2D eigenvalue weighted by molar-refractivity contribution is 6.22. The van der Waals surface area contributed by atoms with Crippen molar-refractivity contribution in [2.45, 2.75) is 25.8 Å². The fourth-order valence-electron chi connectivity index (χ4n) is 3.95. The van der Waals surface area contributed by atoms with Crippen molar-refractivity contribution in [3.8, 4) is 0 Å². The standard InChI is InChI=1S/C23H25N3O3.ClH/c27-21(24-11-6-14-25-12-4-5-13-25)18-9-10-19-20(15-18)23(29)26(22(19)28)16-17-7-2-1-3-8-17;/h1-3,7-10,15H,4-6,11-14,16H2,(H,24,27);1H. The molecule has 1 N–H and O–H groups in total. The number of amides is 3. The predicted octanol–water partition coefficient (Wildman–Crippen LogP) is 3.12. The minimum absolute atomic E-state index is 0. The molecule has 1 saturated heterocycles. The number of carbonyl (C=O) groups is 3. The number of imide groups is 1. The van der Waals surface area contributed by atoms with Gasteiger partial charge < -0.3 is 10.2 Å². The first-order chi connectivity index (χ1) is 14.1. The van der Waals surface area contributed by atoms with Crippen molar-refractivity contribution in [2.24, 2.45) is 0 Å². The maximum Gasteiger partial charge on any atom is 0.261 e. The molecule has 0 saturated carbocycles. The number of rotatable bonds is 7. The first-order valence-electron chi connectivity index (χ1n) is 10.2. The van der Waals surface area contributed by atoms with Crippen molar-refractivity contribution in [3.05, 3.63) is 70.8 Å². The van der Waals surface area contributed by atoms with Crippen LogP contribution in [0.25, 0.3) is 0 Å². The lowest BCUT2D eigenvalue weighted by Gasteiger charge is -2.14. The first-order valence-corrected chi connectivity index (χ1v) is 10.2. The molecule has 2 aromatic rings. The molecule has 2 aliphatic heterocycles. The predicted molar refractivity (Wildman–Crippen MR) is 117 cm³/mol. The van der Waals surface area contributed by atoms with Crippen LogP contribution < -0.4 is 5.32 Å². The number of halogens is 1. The highest BCUT2D eigenvalue weighted by Crippen LogP contribution is 2.25. The Balaban J connectivity index is 0.00000256. The molecule has 0 aliphatic carbocycles. The van der Waals surface area contributed by atoms with Gasteiger partial charge in [-0.15, -0.1) is 12.4 Å². The van der Waals surface area contributed by atoms with Gasteiger partial charge in [0, 0.05) is 12.1 Å². The number of nitrogens with zero attached hydrogens (tertiary/aromatic N) is 2. The Hall–Kier alpha value is -2.70. The summed E-state index contributed by atoms with van der Waals surface area (Å²) in [6, 6.07) is 14.1. The monoisotopic (exact) mass is 427 g/mol. The number of nitrogens with one attached hydrogen (secondary N) is 1. The topological polar surface area (TPSA) is 69.7 Å². The van der Waals surface area contributed by atoms with Crippen molar-refractivity contribution >= 4 is 30.1 Å². The number of hydrogen-bond acceptors (Lipinski definition) is 4. The van der Waals surface area contributed by atoms with Gasteiger partial charge in [0.15, 0.2) is 0 Å². The van der Waals surface area contributed by atoms with Crippen LogP contribution in [0.3, 0.4) is 0 Å². The molecule has 0 atom stereocenters. The van der Waals surface area contributed by atoms with Gasteiger partial charge in [0.25, 0.3) is 17.7 Å². The van der Waals surface area contributed by atoms with Crippen molar-refractivity contribution in [1.29, 1.82) is 0 Å². The summed E-state index contributed by atoms with van der Waals surface area (Å²) in [6.45, 7) is 4.11. The molecule has 30 heavy (non-hydrogen) atoms. The summed E-state index contributed by atoms with van der Waals surface area (Å²) >= 11 is 0. The summed E-state index contributed by atoms with van der Waals surface area (Å²) in [5.41, 5.74) is 1.96. The third kappa shape index (κ3) is 4.71. The van der Waals surface area contributed by atoms with Crippen molar-refractivity contribution in [1.82, 2.24) is 15.1 Å². The van der Waals surface area contributed by atoms with E-state index in [1.165, 1.54) is 23.8 Å². The molecule has 0 bridgehead atoms. The Kier molecular flexibility index (Phi) is 7.24. The second kappa shape index (κ2) is 9.87. The van der Waals surface area contributed by atoms with Gasteiger partial charge in [-0.2, -0.15) is 0 Å². The third-order valence-corrected chi connectivity index (χ3v) is 5.55. The van der Waals surface area contributed by atoms with Crippen molar-refractivity contribution in [2.75, 3.05) is 26.2 Å². The van der Waals surface area contributed by atoms with E-state index in [4.69, 9.17) is 0 Å². The minimum Gasteiger partial charge on any atom is -0.352 e. The van der Waals surface area contributed by atoms with E-state index in [1.807, 2.05) is 30.3 Å². The van der Waals surface area contributed by atoms with E-state index in [2.05, 4.69) is 10.2 Å². The highest BCUT2D eigenvalue weighted by atomic mass is 35.5. The summed E-state index contributed by atoms with van der Waals surface area (Å²) in [4.78, 5) is 41.5. The Labute approximate surface area is 182 Å². The summed E-state index contributed by atoms with van der Waals surface area (Å²) in [6.07, 6.45) is 3.42. The number of carbonyl (C=O) groups excluding carboxylic acids is 3. The van der Waals surface area contributed by atoms with Gasteiger partial charge in [-0.25, -0.2) is 0 Å². The van der Waals surface area contributed by atoms with E-state index in [1.54, 1.807) is 12.1 Å².